The van der Waals surface area contributed by atoms with Crippen LogP contribution in [0.25, 0.3) is 0 Å². The van der Waals surface area contributed by atoms with Gasteiger partial charge < -0.3 is 10.2 Å². The molecule has 1 aromatic heterocycles. The molecule has 1 heterocycles. The van der Waals surface area contributed by atoms with Crippen LogP contribution < -0.4 is 10.2 Å². The molecule has 118 valence electrons. The van der Waals surface area contributed by atoms with E-state index in [0.717, 1.165) is 12.4 Å². The fourth-order valence-corrected chi connectivity index (χ4v) is 2.50. The number of anilines is 1. The zero-order valence-corrected chi connectivity index (χ0v) is 14.5. The summed E-state index contributed by atoms with van der Waals surface area (Å²) >= 11 is 0. The van der Waals surface area contributed by atoms with Crippen molar-refractivity contribution in [1.29, 1.82) is 0 Å². The van der Waals surface area contributed by atoms with Gasteiger partial charge in [-0.15, -0.1) is 0 Å². The second-order valence-electron chi connectivity index (χ2n) is 7.71. The van der Waals surface area contributed by atoms with Gasteiger partial charge in [0, 0.05) is 30.9 Å². The highest BCUT2D eigenvalue weighted by atomic mass is 15.2. The van der Waals surface area contributed by atoms with Gasteiger partial charge in [-0.1, -0.05) is 13.8 Å². The summed E-state index contributed by atoms with van der Waals surface area (Å²) in [6.45, 7) is 12.0. The van der Waals surface area contributed by atoms with Crippen molar-refractivity contribution in [2.45, 2.75) is 77.9 Å². The fraction of sp³-hybridized carbons (Fsp3) is 0.722. The summed E-state index contributed by atoms with van der Waals surface area (Å²) in [7, 11) is 2.19. The first-order valence-corrected chi connectivity index (χ1v) is 8.25. The molecule has 0 atom stereocenters. The van der Waals surface area contributed by atoms with Crippen molar-refractivity contribution in [3.63, 3.8) is 0 Å². The Kier molecular flexibility index (Phi) is 4.92. The highest BCUT2D eigenvalue weighted by Crippen LogP contribution is 2.29. The molecule has 0 unspecified atom stereocenters. The normalized spacial score (nSPS) is 16.1. The van der Waals surface area contributed by atoms with E-state index < -0.39 is 0 Å². The molecule has 21 heavy (non-hydrogen) atoms. The third-order valence-electron chi connectivity index (χ3n) is 4.29. The molecule has 2 rings (SSSR count). The van der Waals surface area contributed by atoms with E-state index in [-0.39, 0.29) is 5.54 Å². The number of aromatic nitrogens is 1. The molecule has 0 amide bonds. The lowest BCUT2D eigenvalue weighted by molar-refractivity contribution is 0.398. The number of rotatable bonds is 5. The van der Waals surface area contributed by atoms with Gasteiger partial charge in [-0.05, 0) is 63.6 Å². The average Bonchev–Trinajstić information content (AvgIpc) is 2.33. The van der Waals surface area contributed by atoms with E-state index in [1.807, 2.05) is 0 Å². The Morgan fingerprint density at radius 1 is 1.29 bits per heavy atom. The molecule has 0 aliphatic heterocycles. The van der Waals surface area contributed by atoms with Crippen LogP contribution in [0.4, 0.5) is 5.82 Å². The standard InChI is InChI=1S/C18H31N3/c1-13(2)16-10-14(12-19-18(3,4)5)11-17(20-16)21(6)15-8-7-9-15/h10-11,13,15,19H,7-9,12H2,1-6H3. The first-order valence-electron chi connectivity index (χ1n) is 8.25. The van der Waals surface area contributed by atoms with E-state index in [1.165, 1.54) is 30.5 Å². The molecule has 1 N–H and O–H groups in total. The third-order valence-corrected chi connectivity index (χ3v) is 4.29. The van der Waals surface area contributed by atoms with Crippen molar-refractivity contribution in [1.82, 2.24) is 10.3 Å². The van der Waals surface area contributed by atoms with Crippen LogP contribution in [-0.2, 0) is 6.54 Å². The number of nitrogens with one attached hydrogen (secondary N) is 1. The summed E-state index contributed by atoms with van der Waals surface area (Å²) in [5.41, 5.74) is 2.68. The smallest absolute Gasteiger partial charge is 0.129 e. The molecular formula is C18H31N3. The highest BCUT2D eigenvalue weighted by Gasteiger charge is 2.23. The maximum atomic E-state index is 4.88. The van der Waals surface area contributed by atoms with Crippen LogP contribution in [0, 0.1) is 0 Å². The molecule has 1 saturated carbocycles. The Morgan fingerprint density at radius 2 is 1.95 bits per heavy atom. The molecule has 0 radical (unpaired) electrons. The maximum absolute atomic E-state index is 4.88. The highest BCUT2D eigenvalue weighted by molar-refractivity contribution is 5.44. The van der Waals surface area contributed by atoms with Crippen LogP contribution in [-0.4, -0.2) is 23.6 Å². The van der Waals surface area contributed by atoms with Gasteiger partial charge in [0.2, 0.25) is 0 Å². The van der Waals surface area contributed by atoms with Crippen LogP contribution in [0.2, 0.25) is 0 Å². The lowest BCUT2D eigenvalue weighted by Crippen LogP contribution is -2.38. The van der Waals surface area contributed by atoms with Gasteiger partial charge in [-0.25, -0.2) is 4.98 Å². The van der Waals surface area contributed by atoms with Gasteiger partial charge in [0.1, 0.15) is 5.82 Å². The topological polar surface area (TPSA) is 28.2 Å². The van der Waals surface area contributed by atoms with E-state index in [4.69, 9.17) is 4.98 Å². The molecular weight excluding hydrogens is 258 g/mol. The largest absolute Gasteiger partial charge is 0.357 e. The molecule has 1 aliphatic rings. The molecule has 0 spiro atoms. The fourth-order valence-electron chi connectivity index (χ4n) is 2.50. The van der Waals surface area contributed by atoms with E-state index in [2.05, 4.69) is 64.0 Å². The molecule has 1 aliphatic carbocycles. The van der Waals surface area contributed by atoms with Crippen LogP contribution in [0.3, 0.4) is 0 Å². The van der Waals surface area contributed by atoms with Crippen molar-refractivity contribution in [2.75, 3.05) is 11.9 Å². The molecule has 1 aromatic rings. The van der Waals surface area contributed by atoms with E-state index in [1.54, 1.807) is 0 Å². The minimum Gasteiger partial charge on any atom is -0.357 e. The van der Waals surface area contributed by atoms with Crippen LogP contribution in [0.5, 0.6) is 0 Å². The summed E-state index contributed by atoms with van der Waals surface area (Å²) in [5.74, 6) is 1.60. The van der Waals surface area contributed by atoms with E-state index in [0.29, 0.717) is 12.0 Å². The summed E-state index contributed by atoms with van der Waals surface area (Å²) in [4.78, 5) is 7.25. The van der Waals surface area contributed by atoms with Crippen LogP contribution in [0.1, 0.15) is 71.1 Å². The first kappa shape index (κ1) is 16.3. The minimum absolute atomic E-state index is 0.140. The minimum atomic E-state index is 0.140. The zero-order chi connectivity index (χ0) is 15.6. The predicted molar refractivity (Wildman–Crippen MR) is 91.0 cm³/mol. The molecule has 0 saturated heterocycles. The Bertz CT molecular complexity index is 470. The van der Waals surface area contributed by atoms with Crippen LogP contribution in [0.15, 0.2) is 12.1 Å². The number of hydrogen-bond donors (Lipinski definition) is 1. The molecule has 0 bridgehead atoms. The second kappa shape index (κ2) is 6.35. The predicted octanol–water partition coefficient (Wildman–Crippen LogP) is 4.08. The van der Waals surface area contributed by atoms with Gasteiger partial charge in [-0.3, -0.25) is 0 Å². The van der Waals surface area contributed by atoms with E-state index >= 15 is 0 Å². The Morgan fingerprint density at radius 3 is 2.43 bits per heavy atom. The summed E-state index contributed by atoms with van der Waals surface area (Å²) in [5, 5.41) is 3.58. The van der Waals surface area contributed by atoms with Gasteiger partial charge in [0.05, 0.1) is 0 Å². The lowest BCUT2D eigenvalue weighted by Gasteiger charge is -2.36. The number of hydrogen-bond acceptors (Lipinski definition) is 3. The number of pyridine rings is 1. The SMILES string of the molecule is CC(C)c1cc(CNC(C)(C)C)cc(N(C)C2CCC2)n1. The monoisotopic (exact) mass is 289 g/mol. The Balaban J connectivity index is 2.21. The number of nitrogens with zero attached hydrogens (tertiary/aromatic N) is 2. The van der Waals surface area contributed by atoms with Crippen LogP contribution >= 0.6 is 0 Å². The quantitative estimate of drug-likeness (QED) is 0.885. The van der Waals surface area contributed by atoms with Gasteiger partial charge in [0.25, 0.3) is 0 Å². The summed E-state index contributed by atoms with van der Waals surface area (Å²) in [6.07, 6.45) is 3.97. The van der Waals surface area contributed by atoms with Gasteiger partial charge >= 0.3 is 0 Å². The van der Waals surface area contributed by atoms with Crippen molar-refractivity contribution in [3.05, 3.63) is 23.4 Å². The van der Waals surface area contributed by atoms with Crippen molar-refractivity contribution in [2.24, 2.45) is 0 Å². The van der Waals surface area contributed by atoms with Crippen molar-refractivity contribution < 1.29 is 0 Å². The Labute approximate surface area is 130 Å². The Hall–Kier alpha value is -1.09. The van der Waals surface area contributed by atoms with Gasteiger partial charge in [0.15, 0.2) is 0 Å². The molecule has 3 heteroatoms. The van der Waals surface area contributed by atoms with Gasteiger partial charge in [-0.2, -0.15) is 0 Å². The maximum Gasteiger partial charge on any atom is 0.129 e. The zero-order valence-electron chi connectivity index (χ0n) is 14.5. The second-order valence-corrected chi connectivity index (χ2v) is 7.71. The average molecular weight is 289 g/mol. The van der Waals surface area contributed by atoms with Crippen molar-refractivity contribution in [3.8, 4) is 0 Å². The molecule has 0 aromatic carbocycles. The summed E-state index contributed by atoms with van der Waals surface area (Å²) in [6, 6.07) is 5.19. The van der Waals surface area contributed by atoms with Crippen molar-refractivity contribution >= 4 is 5.82 Å². The molecule has 1 fully saturated rings. The van der Waals surface area contributed by atoms with E-state index in [9.17, 15) is 0 Å². The first-order chi connectivity index (χ1) is 9.76. The summed E-state index contributed by atoms with van der Waals surface area (Å²) < 4.78 is 0. The lowest BCUT2D eigenvalue weighted by atomic mass is 9.92. The molecule has 3 nitrogen and oxygen atoms in total. The third kappa shape index (κ3) is 4.44.